The van der Waals surface area contributed by atoms with Gasteiger partial charge in [0.1, 0.15) is 10.6 Å². The molecule has 0 aliphatic rings. The molecule has 0 bridgehead atoms. The number of halogens is 8. The Labute approximate surface area is 192 Å². The summed E-state index contributed by atoms with van der Waals surface area (Å²) in [5.74, 6) is -2.02. The molecule has 0 saturated heterocycles. The summed E-state index contributed by atoms with van der Waals surface area (Å²) >= 11 is 5.83. The molecule has 1 aromatic carbocycles. The number of carbonyl (C=O) groups is 1. The second-order valence-electron chi connectivity index (χ2n) is 6.01. The predicted octanol–water partition coefficient (Wildman–Crippen LogP) is 6.02. The Balaban J connectivity index is 2.48. The molecule has 1 amide bonds. The molecule has 1 N–H and O–H groups in total. The minimum atomic E-state index is -5.13. The number of alkyl halides is 6. The number of carbonyl (C=O) groups excluding carboxylic acids is 1. The van der Waals surface area contributed by atoms with E-state index in [0.29, 0.717) is 0 Å². The van der Waals surface area contributed by atoms with Crippen molar-refractivity contribution in [2.24, 2.45) is 0 Å². The van der Waals surface area contributed by atoms with Gasteiger partial charge in [-0.05, 0) is 57.8 Å². The second-order valence-corrected chi connectivity index (χ2v) is 11.4. The maximum absolute atomic E-state index is 13.3. The fourth-order valence-corrected chi connectivity index (χ4v) is 5.97. The van der Waals surface area contributed by atoms with E-state index in [1.807, 2.05) is 0 Å². The van der Waals surface area contributed by atoms with Crippen LogP contribution in [0.15, 0.2) is 25.4 Å². The highest BCUT2D eigenvalue weighted by atomic mass is 79.9. The zero-order valence-electron chi connectivity index (χ0n) is 15.2. The van der Waals surface area contributed by atoms with E-state index in [4.69, 9.17) is 0 Å². The number of amides is 1. The van der Waals surface area contributed by atoms with Gasteiger partial charge in [0.05, 0.1) is 10.9 Å². The Morgan fingerprint density at radius 2 is 1.65 bits per heavy atom. The number of benzene rings is 1. The first-order chi connectivity index (χ1) is 13.9. The number of hydrogen-bond acceptors (Lipinski definition) is 6. The summed E-state index contributed by atoms with van der Waals surface area (Å²) in [7, 11) is -4.20. The molecular weight excluding hydrogens is 610 g/mol. The number of sulfone groups is 1. The van der Waals surface area contributed by atoms with E-state index >= 15 is 0 Å². The van der Waals surface area contributed by atoms with Crippen LogP contribution >= 0.6 is 43.2 Å². The lowest BCUT2D eigenvalue weighted by Gasteiger charge is -2.14. The molecule has 1 heterocycles. The molecule has 0 aliphatic heterocycles. The fraction of sp³-hybridized carbons (Fsp3) is 0.333. The molecule has 0 saturated carbocycles. The Bertz CT molecular complexity index is 1090. The van der Waals surface area contributed by atoms with Crippen LogP contribution in [-0.4, -0.2) is 30.9 Å². The first kappa shape index (κ1) is 25.9. The Hall–Kier alpha value is -1.39. The maximum Gasteiger partial charge on any atom is 0.573 e. The summed E-state index contributed by atoms with van der Waals surface area (Å²) in [6.45, 7) is 2.48. The largest absolute Gasteiger partial charge is 0.573 e. The third-order valence-corrected chi connectivity index (χ3v) is 8.30. The van der Waals surface area contributed by atoms with Crippen molar-refractivity contribution in [3.63, 3.8) is 0 Å². The van der Waals surface area contributed by atoms with Gasteiger partial charge in [-0.15, -0.1) is 13.2 Å². The minimum Gasteiger partial charge on any atom is -0.406 e. The van der Waals surface area contributed by atoms with Gasteiger partial charge in [0.15, 0.2) is 5.69 Å². The van der Waals surface area contributed by atoms with Gasteiger partial charge in [-0.3, -0.25) is 4.79 Å². The van der Waals surface area contributed by atoms with Gasteiger partial charge in [-0.1, -0.05) is 11.3 Å². The van der Waals surface area contributed by atoms with Crippen LogP contribution in [-0.2, 0) is 16.0 Å². The number of ether oxygens (including phenoxy) is 1. The number of thiazole rings is 1. The summed E-state index contributed by atoms with van der Waals surface area (Å²) in [5.41, 5.74) is -1.91. The molecule has 2 aromatic rings. The van der Waals surface area contributed by atoms with Crippen molar-refractivity contribution in [1.82, 2.24) is 4.98 Å². The normalized spacial score (nSPS) is 12.9. The lowest BCUT2D eigenvalue weighted by atomic mass is 10.2. The maximum atomic E-state index is 13.3. The highest BCUT2D eigenvalue weighted by Crippen LogP contribution is 2.40. The van der Waals surface area contributed by atoms with Crippen LogP contribution in [0.4, 0.5) is 32.0 Å². The SMILES string of the molecule is CC(C)S(=O)(=O)c1nc(C(F)(F)F)c(C(=O)Nc2c(Br)cc(OC(F)(F)F)cc2Br)s1. The van der Waals surface area contributed by atoms with Crippen LogP contribution in [0.25, 0.3) is 0 Å². The molecule has 0 spiro atoms. The first-order valence-electron chi connectivity index (χ1n) is 7.81. The molecule has 31 heavy (non-hydrogen) atoms. The molecule has 1 aromatic heterocycles. The van der Waals surface area contributed by atoms with Crippen LogP contribution in [0.2, 0.25) is 0 Å². The summed E-state index contributed by atoms with van der Waals surface area (Å²) in [6, 6.07) is 1.67. The number of hydrogen-bond donors (Lipinski definition) is 1. The number of anilines is 1. The average molecular weight is 620 g/mol. The van der Waals surface area contributed by atoms with Crippen LogP contribution in [0.3, 0.4) is 0 Å². The third-order valence-electron chi connectivity index (χ3n) is 3.43. The summed E-state index contributed by atoms with van der Waals surface area (Å²) in [5, 5.41) is 1.01. The van der Waals surface area contributed by atoms with Gasteiger partial charge in [-0.2, -0.15) is 13.2 Å². The van der Waals surface area contributed by atoms with Gasteiger partial charge < -0.3 is 10.1 Å². The van der Waals surface area contributed by atoms with Crippen LogP contribution < -0.4 is 10.1 Å². The predicted molar refractivity (Wildman–Crippen MR) is 106 cm³/mol. The molecular formula is C15H10Br2F6N2O4S2. The van der Waals surface area contributed by atoms with Gasteiger partial charge >= 0.3 is 12.5 Å². The van der Waals surface area contributed by atoms with Crippen LogP contribution in [0.5, 0.6) is 5.75 Å². The quantitative estimate of drug-likeness (QED) is 0.414. The van der Waals surface area contributed by atoms with Crippen LogP contribution in [0.1, 0.15) is 29.2 Å². The zero-order chi connectivity index (χ0) is 23.9. The van der Waals surface area contributed by atoms with Crippen molar-refractivity contribution in [3.05, 3.63) is 31.6 Å². The summed E-state index contributed by atoms with van der Waals surface area (Å²) in [4.78, 5) is 14.6. The fourth-order valence-electron chi connectivity index (χ4n) is 2.00. The van der Waals surface area contributed by atoms with E-state index in [9.17, 15) is 39.6 Å². The zero-order valence-corrected chi connectivity index (χ0v) is 20.0. The lowest BCUT2D eigenvalue weighted by Crippen LogP contribution is -2.19. The summed E-state index contributed by atoms with van der Waals surface area (Å²) < 4.78 is 104. The Kier molecular flexibility index (Phi) is 7.39. The molecule has 2 rings (SSSR count). The number of rotatable bonds is 5. The lowest BCUT2D eigenvalue weighted by molar-refractivity contribution is -0.274. The highest BCUT2D eigenvalue weighted by molar-refractivity contribution is 9.11. The van der Waals surface area contributed by atoms with Gasteiger partial charge in [-0.25, -0.2) is 13.4 Å². The van der Waals surface area contributed by atoms with Gasteiger partial charge in [0, 0.05) is 8.95 Å². The van der Waals surface area contributed by atoms with E-state index in [1.165, 1.54) is 13.8 Å². The van der Waals surface area contributed by atoms with E-state index in [0.717, 1.165) is 12.1 Å². The topological polar surface area (TPSA) is 85.4 Å². The third kappa shape index (κ3) is 6.10. The summed E-state index contributed by atoms with van der Waals surface area (Å²) in [6.07, 6.45) is -10.1. The molecule has 172 valence electrons. The standard InChI is InChI=1S/C15H10Br2F6N2O4S2/c1-5(2)31(27,28)13-25-11(14(18,19)20)10(30-13)12(26)24-9-7(16)3-6(4-8(9)17)29-15(21,22)23/h3-5H,1-2H3,(H,24,26). The van der Waals surface area contributed by atoms with Crippen LogP contribution in [0, 0.1) is 0 Å². The molecule has 0 unspecified atom stereocenters. The second kappa shape index (κ2) is 8.86. The molecule has 0 radical (unpaired) electrons. The molecule has 0 atom stereocenters. The van der Waals surface area contributed by atoms with Crippen molar-refractivity contribution in [2.45, 2.75) is 36.0 Å². The van der Waals surface area contributed by atoms with Crippen molar-refractivity contribution in [3.8, 4) is 5.75 Å². The minimum absolute atomic E-state index is 0.0366. The number of nitrogens with one attached hydrogen (secondary N) is 1. The smallest absolute Gasteiger partial charge is 0.406 e. The average Bonchev–Trinajstić information content (AvgIpc) is 3.02. The number of aromatic nitrogens is 1. The van der Waals surface area contributed by atoms with Crippen molar-refractivity contribution in [2.75, 3.05) is 5.32 Å². The Morgan fingerprint density at radius 1 is 1.13 bits per heavy atom. The molecule has 6 nitrogen and oxygen atoms in total. The Morgan fingerprint density at radius 3 is 2.06 bits per heavy atom. The van der Waals surface area contributed by atoms with E-state index < -0.39 is 54.2 Å². The van der Waals surface area contributed by atoms with Gasteiger partial charge in [0.2, 0.25) is 14.2 Å². The molecule has 0 aliphatic carbocycles. The van der Waals surface area contributed by atoms with E-state index in [1.54, 1.807) is 0 Å². The number of nitrogens with zero attached hydrogens (tertiary/aromatic N) is 1. The highest BCUT2D eigenvalue weighted by Gasteiger charge is 2.42. The monoisotopic (exact) mass is 618 g/mol. The van der Waals surface area contributed by atoms with Crippen molar-refractivity contribution in [1.29, 1.82) is 0 Å². The van der Waals surface area contributed by atoms with E-state index in [2.05, 4.69) is 46.9 Å². The van der Waals surface area contributed by atoms with Crippen molar-refractivity contribution >= 4 is 64.6 Å². The first-order valence-corrected chi connectivity index (χ1v) is 11.8. The molecule has 0 fully saturated rings. The van der Waals surface area contributed by atoms with E-state index in [-0.39, 0.29) is 26.0 Å². The van der Waals surface area contributed by atoms with Gasteiger partial charge in [0.25, 0.3) is 5.91 Å². The van der Waals surface area contributed by atoms with Crippen molar-refractivity contribution < 1.29 is 44.3 Å². The molecule has 16 heteroatoms.